The zero-order chi connectivity index (χ0) is 15.1. The number of carbonyl (C=O) groups is 2. The van der Waals surface area contributed by atoms with Crippen molar-refractivity contribution in [3.8, 4) is 0 Å². The van der Waals surface area contributed by atoms with Crippen LogP contribution in [0.3, 0.4) is 0 Å². The summed E-state index contributed by atoms with van der Waals surface area (Å²) >= 11 is 0. The third kappa shape index (κ3) is 4.89. The van der Waals surface area contributed by atoms with Crippen LogP contribution in [-0.4, -0.2) is 18.0 Å². The lowest BCUT2D eigenvalue weighted by molar-refractivity contribution is -0.123. The predicted molar refractivity (Wildman–Crippen MR) is 78.9 cm³/mol. The van der Waals surface area contributed by atoms with Gasteiger partial charge in [0.05, 0.1) is 6.04 Å². The predicted octanol–water partition coefficient (Wildman–Crippen LogP) is 1.17. The fourth-order valence-corrected chi connectivity index (χ4v) is 1.67. The van der Waals surface area contributed by atoms with Crippen molar-refractivity contribution in [3.63, 3.8) is 0 Å². The largest absolute Gasteiger partial charge is 0.351 e. The summed E-state index contributed by atoms with van der Waals surface area (Å²) in [5.74, 6) is -0.00386. The molecule has 1 aromatic carbocycles. The minimum Gasteiger partial charge on any atom is -0.351 e. The maximum Gasteiger partial charge on any atom is 0.316 e. The molecular weight excluding hydrogens is 256 g/mol. The molecule has 110 valence electrons. The van der Waals surface area contributed by atoms with Crippen LogP contribution >= 0.6 is 0 Å². The van der Waals surface area contributed by atoms with E-state index in [0.29, 0.717) is 12.2 Å². The number of amides is 3. The summed E-state index contributed by atoms with van der Waals surface area (Å²) in [4.78, 5) is 22.5. The standard InChI is InChI=1S/C14H22N4O2/c1-3-9(2)12(15)13(19)17-8-10-4-6-11(7-5-10)18-14(16)20/h4-7,9,12H,3,8,15H2,1-2H3,(H,17,19)(H3,16,18,20). The second-order valence-electron chi connectivity index (χ2n) is 4.82. The topological polar surface area (TPSA) is 110 Å². The number of carbonyl (C=O) groups excluding carboxylic acids is 2. The highest BCUT2D eigenvalue weighted by molar-refractivity contribution is 5.87. The van der Waals surface area contributed by atoms with Crippen molar-refractivity contribution in [1.29, 1.82) is 0 Å². The smallest absolute Gasteiger partial charge is 0.316 e. The van der Waals surface area contributed by atoms with Gasteiger partial charge >= 0.3 is 6.03 Å². The number of anilines is 1. The first-order chi connectivity index (χ1) is 9.43. The summed E-state index contributed by atoms with van der Waals surface area (Å²) < 4.78 is 0. The first kappa shape index (κ1) is 16.0. The maximum atomic E-state index is 11.8. The lowest BCUT2D eigenvalue weighted by Crippen LogP contribution is -2.44. The molecular formula is C14H22N4O2. The van der Waals surface area contributed by atoms with E-state index in [-0.39, 0.29) is 11.8 Å². The fraction of sp³-hybridized carbons (Fsp3) is 0.429. The Hall–Kier alpha value is -2.08. The normalized spacial score (nSPS) is 13.3. The molecule has 0 aliphatic carbocycles. The van der Waals surface area contributed by atoms with Gasteiger partial charge in [0.2, 0.25) is 5.91 Å². The van der Waals surface area contributed by atoms with Crippen LogP contribution in [-0.2, 0) is 11.3 Å². The molecule has 2 unspecified atom stereocenters. The van der Waals surface area contributed by atoms with Crippen LogP contribution in [0, 0.1) is 5.92 Å². The van der Waals surface area contributed by atoms with Gasteiger partial charge in [-0.25, -0.2) is 4.79 Å². The number of hydrogen-bond acceptors (Lipinski definition) is 3. The second-order valence-corrected chi connectivity index (χ2v) is 4.82. The molecule has 1 aromatic rings. The van der Waals surface area contributed by atoms with E-state index < -0.39 is 12.1 Å². The number of benzene rings is 1. The minimum absolute atomic E-state index is 0.150. The number of hydrogen-bond donors (Lipinski definition) is 4. The summed E-state index contributed by atoms with van der Waals surface area (Å²) in [5, 5.41) is 5.27. The van der Waals surface area contributed by atoms with Crippen LogP contribution in [0.1, 0.15) is 25.8 Å². The second kappa shape index (κ2) is 7.49. The van der Waals surface area contributed by atoms with Gasteiger partial charge in [0.1, 0.15) is 0 Å². The molecule has 1 rings (SSSR count). The third-order valence-corrected chi connectivity index (χ3v) is 3.25. The number of nitrogens with one attached hydrogen (secondary N) is 2. The van der Waals surface area contributed by atoms with Gasteiger partial charge in [-0.1, -0.05) is 32.4 Å². The van der Waals surface area contributed by atoms with E-state index in [9.17, 15) is 9.59 Å². The van der Waals surface area contributed by atoms with Crippen molar-refractivity contribution >= 4 is 17.6 Å². The molecule has 6 heteroatoms. The van der Waals surface area contributed by atoms with Gasteiger partial charge in [-0.3, -0.25) is 4.79 Å². The van der Waals surface area contributed by atoms with Gasteiger partial charge in [-0.05, 0) is 23.6 Å². The van der Waals surface area contributed by atoms with Crippen LogP contribution in [0.5, 0.6) is 0 Å². The Kier molecular flexibility index (Phi) is 5.99. The van der Waals surface area contributed by atoms with Crippen LogP contribution in [0.4, 0.5) is 10.5 Å². The van der Waals surface area contributed by atoms with E-state index in [4.69, 9.17) is 11.5 Å². The monoisotopic (exact) mass is 278 g/mol. The van der Waals surface area contributed by atoms with Gasteiger partial charge in [-0.2, -0.15) is 0 Å². The van der Waals surface area contributed by atoms with E-state index in [1.165, 1.54) is 0 Å². The first-order valence-electron chi connectivity index (χ1n) is 6.62. The van der Waals surface area contributed by atoms with Crippen LogP contribution in [0.15, 0.2) is 24.3 Å². The Morgan fingerprint density at radius 3 is 2.35 bits per heavy atom. The van der Waals surface area contributed by atoms with Gasteiger partial charge < -0.3 is 22.1 Å². The van der Waals surface area contributed by atoms with Crippen molar-refractivity contribution in [2.45, 2.75) is 32.9 Å². The zero-order valence-corrected chi connectivity index (χ0v) is 11.8. The maximum absolute atomic E-state index is 11.8. The Morgan fingerprint density at radius 2 is 1.85 bits per heavy atom. The number of nitrogens with two attached hydrogens (primary N) is 2. The lowest BCUT2D eigenvalue weighted by Gasteiger charge is -2.17. The van der Waals surface area contributed by atoms with Crippen molar-refractivity contribution in [2.75, 3.05) is 5.32 Å². The van der Waals surface area contributed by atoms with Gasteiger partial charge in [0.25, 0.3) is 0 Å². The molecule has 0 spiro atoms. The average Bonchev–Trinajstić information content (AvgIpc) is 2.44. The van der Waals surface area contributed by atoms with E-state index in [1.54, 1.807) is 24.3 Å². The lowest BCUT2D eigenvalue weighted by atomic mass is 9.99. The molecule has 0 saturated carbocycles. The summed E-state index contributed by atoms with van der Waals surface area (Å²) in [7, 11) is 0. The molecule has 0 fully saturated rings. The molecule has 2 atom stereocenters. The van der Waals surface area contributed by atoms with E-state index in [0.717, 1.165) is 12.0 Å². The van der Waals surface area contributed by atoms with Gasteiger partial charge in [0.15, 0.2) is 0 Å². The molecule has 0 aliphatic rings. The molecule has 6 nitrogen and oxygen atoms in total. The molecule has 0 aromatic heterocycles. The Balaban J connectivity index is 2.49. The highest BCUT2D eigenvalue weighted by Gasteiger charge is 2.18. The average molecular weight is 278 g/mol. The Bertz CT molecular complexity index is 459. The summed E-state index contributed by atoms with van der Waals surface area (Å²) in [6, 6.07) is 5.96. The molecule has 3 amide bonds. The van der Waals surface area contributed by atoms with E-state index in [1.807, 2.05) is 13.8 Å². The highest BCUT2D eigenvalue weighted by atomic mass is 16.2. The van der Waals surface area contributed by atoms with Crippen LogP contribution in [0.2, 0.25) is 0 Å². The Morgan fingerprint density at radius 1 is 1.25 bits per heavy atom. The van der Waals surface area contributed by atoms with Crippen LogP contribution in [0.25, 0.3) is 0 Å². The first-order valence-corrected chi connectivity index (χ1v) is 6.62. The van der Waals surface area contributed by atoms with Gasteiger partial charge in [-0.15, -0.1) is 0 Å². The summed E-state index contributed by atoms with van der Waals surface area (Å²) in [6.07, 6.45) is 0.863. The van der Waals surface area contributed by atoms with Crippen molar-refractivity contribution < 1.29 is 9.59 Å². The van der Waals surface area contributed by atoms with E-state index in [2.05, 4.69) is 10.6 Å². The van der Waals surface area contributed by atoms with Gasteiger partial charge in [0, 0.05) is 12.2 Å². The van der Waals surface area contributed by atoms with Crippen molar-refractivity contribution in [3.05, 3.63) is 29.8 Å². The number of urea groups is 1. The third-order valence-electron chi connectivity index (χ3n) is 3.25. The SMILES string of the molecule is CCC(C)C(N)C(=O)NCc1ccc(NC(N)=O)cc1. The molecule has 0 bridgehead atoms. The quantitative estimate of drug-likeness (QED) is 0.626. The molecule has 6 N–H and O–H groups in total. The highest BCUT2D eigenvalue weighted by Crippen LogP contribution is 2.10. The van der Waals surface area contributed by atoms with Crippen molar-refractivity contribution in [1.82, 2.24) is 5.32 Å². The molecule has 20 heavy (non-hydrogen) atoms. The summed E-state index contributed by atoms with van der Waals surface area (Å²) in [6.45, 7) is 4.36. The molecule has 0 aliphatic heterocycles. The van der Waals surface area contributed by atoms with Crippen molar-refractivity contribution in [2.24, 2.45) is 17.4 Å². The number of primary amides is 1. The molecule has 0 saturated heterocycles. The minimum atomic E-state index is -0.606. The fourth-order valence-electron chi connectivity index (χ4n) is 1.67. The van der Waals surface area contributed by atoms with E-state index >= 15 is 0 Å². The Labute approximate surface area is 118 Å². The molecule has 0 radical (unpaired) electrons. The number of rotatable bonds is 6. The van der Waals surface area contributed by atoms with Crippen LogP contribution < -0.4 is 22.1 Å². The summed E-state index contributed by atoms with van der Waals surface area (Å²) in [5.41, 5.74) is 12.4. The molecule has 0 heterocycles. The zero-order valence-electron chi connectivity index (χ0n) is 11.8.